The van der Waals surface area contributed by atoms with E-state index in [4.69, 9.17) is 0 Å². The van der Waals surface area contributed by atoms with E-state index in [1.165, 1.54) is 36.0 Å². The molecule has 2 aromatic rings. The normalized spacial score (nSPS) is 25.8. The maximum Gasteiger partial charge on any atom is 0.240 e. The molecule has 3 heterocycles. The van der Waals surface area contributed by atoms with E-state index in [9.17, 15) is 4.79 Å². The molecule has 142 valence electrons. The van der Waals surface area contributed by atoms with Gasteiger partial charge in [-0.1, -0.05) is 24.3 Å². The average molecular weight is 399 g/mol. The van der Waals surface area contributed by atoms with Crippen LogP contribution in [0.1, 0.15) is 41.2 Å². The Labute approximate surface area is 169 Å². The van der Waals surface area contributed by atoms with Crippen LogP contribution in [0.25, 0.3) is 0 Å². The zero-order valence-corrected chi connectivity index (χ0v) is 17.2. The van der Waals surface area contributed by atoms with E-state index in [0.717, 1.165) is 31.8 Å². The van der Waals surface area contributed by atoms with Crippen LogP contribution in [0.5, 0.6) is 0 Å². The lowest BCUT2D eigenvalue weighted by Crippen LogP contribution is -2.41. The van der Waals surface area contributed by atoms with Gasteiger partial charge in [0.05, 0.1) is 0 Å². The van der Waals surface area contributed by atoms with Gasteiger partial charge in [0.1, 0.15) is 5.25 Å². The minimum absolute atomic E-state index is 0.0343. The maximum absolute atomic E-state index is 13.8. The molecular formula is C22H26N2OS2. The maximum atomic E-state index is 13.8. The van der Waals surface area contributed by atoms with Crippen molar-refractivity contribution >= 4 is 29.0 Å². The molecule has 1 spiro atoms. The molecule has 3 aliphatic rings. The van der Waals surface area contributed by atoms with E-state index in [1.54, 1.807) is 11.3 Å². The van der Waals surface area contributed by atoms with Gasteiger partial charge in [0.25, 0.3) is 0 Å². The Balaban J connectivity index is 1.43. The SMILES string of the molecule is O=C(C1SCCc2ccccc21)N(Cc1ccsc1)C1CC12CCNCC2. The summed E-state index contributed by atoms with van der Waals surface area (Å²) in [5, 5.41) is 7.77. The van der Waals surface area contributed by atoms with E-state index in [0.29, 0.717) is 17.4 Å². The van der Waals surface area contributed by atoms with Crippen LogP contribution in [0.4, 0.5) is 0 Å². The molecule has 2 fully saturated rings. The fourth-order valence-electron chi connectivity index (χ4n) is 4.90. The largest absolute Gasteiger partial charge is 0.334 e. The third-order valence-electron chi connectivity index (χ3n) is 6.56. The van der Waals surface area contributed by atoms with Gasteiger partial charge in [-0.25, -0.2) is 0 Å². The summed E-state index contributed by atoms with van der Waals surface area (Å²) in [5.41, 5.74) is 4.25. The molecule has 3 nitrogen and oxygen atoms in total. The minimum Gasteiger partial charge on any atom is -0.334 e. The number of piperidine rings is 1. The molecule has 2 atom stereocenters. The summed E-state index contributed by atoms with van der Waals surface area (Å²) in [6.45, 7) is 2.96. The molecule has 1 aromatic carbocycles. The van der Waals surface area contributed by atoms with Crippen molar-refractivity contribution in [1.82, 2.24) is 10.2 Å². The number of thioether (sulfide) groups is 1. The smallest absolute Gasteiger partial charge is 0.240 e. The second kappa shape index (κ2) is 7.26. The molecule has 2 unspecified atom stereocenters. The van der Waals surface area contributed by atoms with Crippen LogP contribution in [0, 0.1) is 5.41 Å². The van der Waals surface area contributed by atoms with Crippen LogP contribution in [0.2, 0.25) is 0 Å². The second-order valence-corrected chi connectivity index (χ2v) is 10.1. The van der Waals surface area contributed by atoms with Crippen LogP contribution in [0.15, 0.2) is 41.1 Å². The van der Waals surface area contributed by atoms with E-state index in [2.05, 4.69) is 51.3 Å². The molecule has 1 saturated heterocycles. The Hall–Kier alpha value is -1.30. The van der Waals surface area contributed by atoms with Crippen LogP contribution in [-0.2, 0) is 17.8 Å². The van der Waals surface area contributed by atoms with Crippen LogP contribution in [0.3, 0.4) is 0 Å². The molecule has 1 aliphatic carbocycles. The van der Waals surface area contributed by atoms with Gasteiger partial charge in [0, 0.05) is 12.6 Å². The first-order valence-corrected chi connectivity index (χ1v) is 12.0. The van der Waals surface area contributed by atoms with Gasteiger partial charge < -0.3 is 10.2 Å². The number of nitrogens with zero attached hydrogens (tertiary/aromatic N) is 1. The first kappa shape index (κ1) is 17.8. The molecule has 0 bridgehead atoms. The number of nitrogens with one attached hydrogen (secondary N) is 1. The van der Waals surface area contributed by atoms with Gasteiger partial charge in [0.2, 0.25) is 5.91 Å². The van der Waals surface area contributed by atoms with Crippen molar-refractivity contribution in [2.75, 3.05) is 18.8 Å². The molecule has 1 saturated carbocycles. The van der Waals surface area contributed by atoms with Gasteiger partial charge in [-0.15, -0.1) is 11.8 Å². The second-order valence-electron chi connectivity index (χ2n) is 8.13. The van der Waals surface area contributed by atoms with Crippen molar-refractivity contribution in [2.24, 2.45) is 5.41 Å². The standard InChI is InChI=1S/C22H26N2OS2/c25-21(20-18-4-2-1-3-17(18)6-12-27-20)24(14-16-5-11-26-15-16)19-13-22(19)7-9-23-10-8-22/h1-5,11,15,19-20,23H,6-10,12-14H2. The number of hydrogen-bond acceptors (Lipinski definition) is 4. The van der Waals surface area contributed by atoms with E-state index < -0.39 is 0 Å². The molecule has 0 radical (unpaired) electrons. The Kier molecular flexibility index (Phi) is 4.78. The molecule has 1 amide bonds. The third kappa shape index (κ3) is 3.34. The Morgan fingerprint density at radius 2 is 2.07 bits per heavy atom. The fraction of sp³-hybridized carbons (Fsp3) is 0.500. The van der Waals surface area contributed by atoms with Crippen molar-refractivity contribution in [3.8, 4) is 0 Å². The molecule has 1 N–H and O–H groups in total. The predicted octanol–water partition coefficient (Wildman–Crippen LogP) is 4.25. The van der Waals surface area contributed by atoms with E-state index in [1.807, 2.05) is 11.8 Å². The number of amides is 1. The summed E-state index contributed by atoms with van der Waals surface area (Å²) in [7, 11) is 0. The highest BCUT2D eigenvalue weighted by molar-refractivity contribution is 8.00. The Bertz CT molecular complexity index is 813. The minimum atomic E-state index is -0.0343. The highest BCUT2D eigenvalue weighted by atomic mass is 32.2. The van der Waals surface area contributed by atoms with Crippen LogP contribution in [-0.4, -0.2) is 35.7 Å². The topological polar surface area (TPSA) is 32.3 Å². The van der Waals surface area contributed by atoms with Gasteiger partial charge >= 0.3 is 0 Å². The van der Waals surface area contributed by atoms with Crippen LogP contribution < -0.4 is 5.32 Å². The molecular weight excluding hydrogens is 372 g/mol. The quantitative estimate of drug-likeness (QED) is 0.836. The number of aryl methyl sites for hydroxylation is 1. The zero-order valence-electron chi connectivity index (χ0n) is 15.5. The van der Waals surface area contributed by atoms with Crippen molar-refractivity contribution < 1.29 is 4.79 Å². The van der Waals surface area contributed by atoms with Gasteiger partial charge in [-0.05, 0) is 83.5 Å². The number of fused-ring (bicyclic) bond motifs is 1. The van der Waals surface area contributed by atoms with Gasteiger partial charge in [-0.2, -0.15) is 11.3 Å². The number of carbonyl (C=O) groups is 1. The summed E-state index contributed by atoms with van der Waals surface area (Å²) in [6, 6.07) is 11.1. The Morgan fingerprint density at radius 1 is 1.22 bits per heavy atom. The van der Waals surface area contributed by atoms with Crippen molar-refractivity contribution in [3.05, 3.63) is 57.8 Å². The van der Waals surface area contributed by atoms with Gasteiger partial charge in [0.15, 0.2) is 0 Å². The first-order valence-electron chi connectivity index (χ1n) is 9.99. The molecule has 1 aromatic heterocycles. The number of rotatable bonds is 4. The number of hydrogen-bond donors (Lipinski definition) is 1. The lowest BCUT2D eigenvalue weighted by atomic mass is 9.93. The van der Waals surface area contributed by atoms with E-state index >= 15 is 0 Å². The van der Waals surface area contributed by atoms with Gasteiger partial charge in [-0.3, -0.25) is 4.79 Å². The lowest BCUT2D eigenvalue weighted by molar-refractivity contribution is -0.132. The molecule has 5 rings (SSSR count). The summed E-state index contributed by atoms with van der Waals surface area (Å²) >= 11 is 3.56. The van der Waals surface area contributed by atoms with Crippen molar-refractivity contribution in [3.63, 3.8) is 0 Å². The fourth-order valence-corrected chi connectivity index (χ4v) is 6.82. The zero-order chi connectivity index (χ0) is 18.3. The summed E-state index contributed by atoms with van der Waals surface area (Å²) in [6.07, 6.45) is 4.68. The number of benzene rings is 1. The average Bonchev–Trinajstić information content (AvgIpc) is 3.14. The van der Waals surface area contributed by atoms with Crippen molar-refractivity contribution in [1.29, 1.82) is 0 Å². The number of thiophene rings is 1. The Morgan fingerprint density at radius 3 is 2.89 bits per heavy atom. The first-order chi connectivity index (χ1) is 13.3. The van der Waals surface area contributed by atoms with Crippen molar-refractivity contribution in [2.45, 2.75) is 43.5 Å². The summed E-state index contributed by atoms with van der Waals surface area (Å²) in [4.78, 5) is 16.0. The monoisotopic (exact) mass is 398 g/mol. The highest BCUT2D eigenvalue weighted by Crippen LogP contribution is 2.57. The molecule has 27 heavy (non-hydrogen) atoms. The third-order valence-corrected chi connectivity index (χ3v) is 8.52. The highest BCUT2D eigenvalue weighted by Gasteiger charge is 2.58. The summed E-state index contributed by atoms with van der Waals surface area (Å²) < 4.78 is 0. The predicted molar refractivity (Wildman–Crippen MR) is 113 cm³/mol. The molecule has 2 aliphatic heterocycles. The lowest BCUT2D eigenvalue weighted by Gasteiger charge is -2.33. The summed E-state index contributed by atoms with van der Waals surface area (Å²) in [5.74, 6) is 1.37. The van der Waals surface area contributed by atoms with Crippen LogP contribution >= 0.6 is 23.1 Å². The van der Waals surface area contributed by atoms with E-state index in [-0.39, 0.29) is 5.25 Å². The number of carbonyl (C=O) groups excluding carboxylic acids is 1. The molecule has 5 heteroatoms.